The van der Waals surface area contributed by atoms with Crippen molar-refractivity contribution in [2.75, 3.05) is 19.8 Å². The lowest BCUT2D eigenvalue weighted by atomic mass is 10.2. The van der Waals surface area contributed by atoms with Gasteiger partial charge in [0, 0.05) is 19.8 Å². The lowest BCUT2D eigenvalue weighted by molar-refractivity contribution is 0.248. The zero-order valence-corrected chi connectivity index (χ0v) is 8.75. The second-order valence-electron chi connectivity index (χ2n) is 2.21. The monoisotopic (exact) mass is 183 g/mol. The van der Waals surface area contributed by atoms with Crippen molar-refractivity contribution in [2.24, 2.45) is 5.92 Å². The highest BCUT2D eigenvalue weighted by Crippen LogP contribution is 1.83. The molecular weight excluding hydrogens is 158 g/mol. The first-order valence-electron chi connectivity index (χ1n) is 3.93. The number of rotatable bonds is 1. The Bertz CT molecular complexity index is 41.3. The molecule has 0 saturated carbocycles. The Hall–Kier alpha value is -0.160. The molecule has 0 bridgehead atoms. The Morgan fingerprint density at radius 1 is 0.917 bits per heavy atom. The van der Waals surface area contributed by atoms with E-state index >= 15 is 0 Å². The molecule has 0 aromatic heterocycles. The number of aliphatic hydroxyl groups excluding tert-OH is 3. The number of aliphatic hydroxyl groups is 3. The second kappa shape index (κ2) is 30.8. The topological polar surface area (TPSA) is 95.7 Å². The standard InChI is InChI=1S/C4H10O.2C2H6O.H3N/c1-4(2)3-5;2*1-2-3;/h4-5H,3H2,1-2H3;2*3H,2H2,1H3;1H3. The summed E-state index contributed by atoms with van der Waals surface area (Å²) in [6.07, 6.45) is 0. The Labute approximate surface area is 75.8 Å². The predicted molar refractivity (Wildman–Crippen MR) is 52.5 cm³/mol. The van der Waals surface area contributed by atoms with E-state index in [0.717, 1.165) is 0 Å². The van der Waals surface area contributed by atoms with Crippen molar-refractivity contribution in [3.8, 4) is 0 Å². The fourth-order valence-electron chi connectivity index (χ4n) is 0. The first-order chi connectivity index (χ1) is 5.10. The fraction of sp³-hybridized carbons (Fsp3) is 1.00. The van der Waals surface area contributed by atoms with Gasteiger partial charge in [-0.05, 0) is 19.8 Å². The van der Waals surface area contributed by atoms with E-state index in [9.17, 15) is 0 Å². The lowest BCUT2D eigenvalue weighted by Gasteiger charge is -1.90. The number of hydrogen-bond donors (Lipinski definition) is 4. The van der Waals surface area contributed by atoms with Crippen LogP contribution < -0.4 is 6.15 Å². The van der Waals surface area contributed by atoms with Crippen molar-refractivity contribution in [1.29, 1.82) is 0 Å². The molecule has 4 heteroatoms. The van der Waals surface area contributed by atoms with Crippen LogP contribution in [0.4, 0.5) is 0 Å². The van der Waals surface area contributed by atoms with Crippen LogP contribution in [0.1, 0.15) is 27.7 Å². The van der Waals surface area contributed by atoms with Gasteiger partial charge in [0.05, 0.1) is 0 Å². The molecule has 80 valence electrons. The second-order valence-corrected chi connectivity index (χ2v) is 2.21. The molecule has 0 saturated heterocycles. The molecule has 0 rings (SSSR count). The normalized spacial score (nSPS) is 7.00. The minimum atomic E-state index is 0. The Kier molecular flexibility index (Phi) is 58.0. The van der Waals surface area contributed by atoms with E-state index < -0.39 is 0 Å². The smallest absolute Gasteiger partial charge is 0.0453 e. The minimum absolute atomic E-state index is 0. The van der Waals surface area contributed by atoms with Crippen molar-refractivity contribution >= 4 is 0 Å². The van der Waals surface area contributed by atoms with Gasteiger partial charge < -0.3 is 21.5 Å². The van der Waals surface area contributed by atoms with Crippen molar-refractivity contribution < 1.29 is 15.3 Å². The van der Waals surface area contributed by atoms with Crippen LogP contribution in [0.2, 0.25) is 0 Å². The van der Waals surface area contributed by atoms with Gasteiger partial charge in [0.25, 0.3) is 0 Å². The van der Waals surface area contributed by atoms with Gasteiger partial charge in [-0.3, -0.25) is 0 Å². The van der Waals surface area contributed by atoms with Gasteiger partial charge in [0.15, 0.2) is 0 Å². The Morgan fingerprint density at radius 2 is 1.00 bits per heavy atom. The molecule has 4 nitrogen and oxygen atoms in total. The van der Waals surface area contributed by atoms with Gasteiger partial charge in [0.2, 0.25) is 0 Å². The largest absolute Gasteiger partial charge is 0.397 e. The minimum Gasteiger partial charge on any atom is -0.397 e. The summed E-state index contributed by atoms with van der Waals surface area (Å²) >= 11 is 0. The summed E-state index contributed by atoms with van der Waals surface area (Å²) in [5, 5.41) is 23.3. The maximum Gasteiger partial charge on any atom is 0.0453 e. The highest BCUT2D eigenvalue weighted by molar-refractivity contribution is 4.32. The van der Waals surface area contributed by atoms with Crippen molar-refractivity contribution in [1.82, 2.24) is 6.15 Å². The van der Waals surface area contributed by atoms with Crippen LogP contribution in [-0.4, -0.2) is 35.1 Å². The zero-order valence-electron chi connectivity index (χ0n) is 8.75. The van der Waals surface area contributed by atoms with Crippen LogP contribution in [0.15, 0.2) is 0 Å². The molecule has 0 unspecified atom stereocenters. The van der Waals surface area contributed by atoms with Gasteiger partial charge in [-0.1, -0.05) is 13.8 Å². The molecular formula is C8H25NO3. The van der Waals surface area contributed by atoms with E-state index in [1.54, 1.807) is 13.8 Å². The third kappa shape index (κ3) is 227. The molecule has 0 aromatic carbocycles. The average molecular weight is 183 g/mol. The third-order valence-electron chi connectivity index (χ3n) is 0.365. The Morgan fingerprint density at radius 3 is 1.00 bits per heavy atom. The molecule has 0 atom stereocenters. The van der Waals surface area contributed by atoms with E-state index in [2.05, 4.69) is 0 Å². The summed E-state index contributed by atoms with van der Waals surface area (Å²) in [4.78, 5) is 0. The van der Waals surface area contributed by atoms with Crippen LogP contribution in [0.5, 0.6) is 0 Å². The predicted octanol–water partition coefficient (Wildman–Crippen LogP) is 0.794. The molecule has 0 aliphatic heterocycles. The van der Waals surface area contributed by atoms with Gasteiger partial charge in [-0.2, -0.15) is 0 Å². The molecule has 0 aliphatic rings. The van der Waals surface area contributed by atoms with Crippen molar-refractivity contribution in [2.45, 2.75) is 27.7 Å². The molecule has 0 heterocycles. The van der Waals surface area contributed by atoms with Crippen LogP contribution >= 0.6 is 0 Å². The first-order valence-corrected chi connectivity index (χ1v) is 3.93. The highest BCUT2D eigenvalue weighted by Gasteiger charge is 1.81. The summed E-state index contributed by atoms with van der Waals surface area (Å²) in [5.74, 6) is 0.440. The summed E-state index contributed by atoms with van der Waals surface area (Å²) in [7, 11) is 0. The average Bonchev–Trinajstić information content (AvgIpc) is 1.91. The molecule has 0 fully saturated rings. The van der Waals surface area contributed by atoms with E-state index in [1.807, 2.05) is 13.8 Å². The third-order valence-corrected chi connectivity index (χ3v) is 0.365. The SMILES string of the molecule is CC(C)CO.CCO.CCO.N. The Balaban J connectivity index is -0.0000000406. The van der Waals surface area contributed by atoms with Gasteiger partial charge in [-0.25, -0.2) is 0 Å². The molecule has 0 spiro atoms. The van der Waals surface area contributed by atoms with E-state index in [4.69, 9.17) is 15.3 Å². The quantitative estimate of drug-likeness (QED) is 0.483. The van der Waals surface area contributed by atoms with Crippen LogP contribution in [0, 0.1) is 5.92 Å². The molecule has 0 radical (unpaired) electrons. The molecule has 6 N–H and O–H groups in total. The molecule has 0 aliphatic carbocycles. The summed E-state index contributed by atoms with van der Waals surface area (Å²) < 4.78 is 0. The van der Waals surface area contributed by atoms with Gasteiger partial charge in [0.1, 0.15) is 0 Å². The van der Waals surface area contributed by atoms with Gasteiger partial charge in [-0.15, -0.1) is 0 Å². The van der Waals surface area contributed by atoms with Crippen LogP contribution in [0.25, 0.3) is 0 Å². The van der Waals surface area contributed by atoms with Crippen molar-refractivity contribution in [3.05, 3.63) is 0 Å². The van der Waals surface area contributed by atoms with Crippen LogP contribution in [0.3, 0.4) is 0 Å². The summed E-state index contributed by atoms with van der Waals surface area (Å²) in [6.45, 7) is 8.11. The van der Waals surface area contributed by atoms with Crippen molar-refractivity contribution in [3.63, 3.8) is 0 Å². The number of hydrogen-bond acceptors (Lipinski definition) is 4. The van der Waals surface area contributed by atoms with E-state index in [1.165, 1.54) is 0 Å². The van der Waals surface area contributed by atoms with Gasteiger partial charge >= 0.3 is 0 Å². The highest BCUT2D eigenvalue weighted by atomic mass is 16.3. The maximum absolute atomic E-state index is 8.14. The summed E-state index contributed by atoms with van der Waals surface area (Å²) in [5.41, 5.74) is 0. The zero-order chi connectivity index (χ0) is 9.70. The fourth-order valence-corrected chi connectivity index (χ4v) is 0. The first kappa shape index (κ1) is 22.6. The maximum atomic E-state index is 8.14. The van der Waals surface area contributed by atoms with E-state index in [-0.39, 0.29) is 19.4 Å². The molecule has 0 amide bonds. The van der Waals surface area contributed by atoms with E-state index in [0.29, 0.717) is 12.5 Å². The molecule has 0 aromatic rings. The lowest BCUT2D eigenvalue weighted by Crippen LogP contribution is -1.90. The van der Waals surface area contributed by atoms with Crippen LogP contribution in [-0.2, 0) is 0 Å². The summed E-state index contributed by atoms with van der Waals surface area (Å²) in [6, 6.07) is 0. The molecule has 12 heavy (non-hydrogen) atoms.